The largest absolute Gasteiger partial charge is 0.493 e. The molecule has 32 heavy (non-hydrogen) atoms. The lowest BCUT2D eigenvalue weighted by Gasteiger charge is -2.13. The van der Waals surface area contributed by atoms with Gasteiger partial charge in [0.25, 0.3) is 0 Å². The SMILES string of the molecule is CC(C)COc1ccc(Cl)cc1Cc1ccc(-c2nc3ccc(N(C)C)cc3[nH]2)o1.Cl.Cl. The second-order valence-electron chi connectivity index (χ2n) is 8.08. The van der Waals surface area contributed by atoms with E-state index in [1.54, 1.807) is 0 Å². The first-order chi connectivity index (χ1) is 14.4. The van der Waals surface area contributed by atoms with Crippen molar-refractivity contribution < 1.29 is 9.15 Å². The van der Waals surface area contributed by atoms with Crippen molar-refractivity contribution in [3.8, 4) is 17.3 Å². The molecule has 0 saturated heterocycles. The van der Waals surface area contributed by atoms with Crippen LogP contribution in [-0.2, 0) is 6.42 Å². The zero-order valence-corrected chi connectivity index (χ0v) is 20.9. The van der Waals surface area contributed by atoms with Crippen LogP contribution in [0, 0.1) is 5.92 Å². The first kappa shape index (κ1) is 25.9. The number of aromatic nitrogens is 2. The van der Waals surface area contributed by atoms with Crippen molar-refractivity contribution in [2.45, 2.75) is 20.3 Å². The minimum absolute atomic E-state index is 0. The van der Waals surface area contributed by atoms with Gasteiger partial charge in [-0.05, 0) is 54.4 Å². The molecule has 172 valence electrons. The fraction of sp³-hybridized carbons (Fsp3) is 0.292. The van der Waals surface area contributed by atoms with Crippen molar-refractivity contribution in [3.05, 3.63) is 64.9 Å². The number of H-pyrrole nitrogens is 1. The Morgan fingerprint density at radius 2 is 1.84 bits per heavy atom. The third kappa shape index (κ3) is 5.91. The number of benzene rings is 2. The Balaban J connectivity index is 0.00000181. The lowest BCUT2D eigenvalue weighted by molar-refractivity contribution is 0.268. The molecular formula is C24H28Cl3N3O2. The summed E-state index contributed by atoms with van der Waals surface area (Å²) in [6.07, 6.45) is 0.596. The van der Waals surface area contributed by atoms with Gasteiger partial charge < -0.3 is 19.0 Å². The summed E-state index contributed by atoms with van der Waals surface area (Å²) in [5.74, 6) is 3.54. The Labute approximate surface area is 205 Å². The average Bonchev–Trinajstić information content (AvgIpc) is 3.33. The Bertz CT molecular complexity index is 1170. The van der Waals surface area contributed by atoms with Gasteiger partial charge in [-0.3, -0.25) is 0 Å². The lowest BCUT2D eigenvalue weighted by Crippen LogP contribution is -2.07. The number of hydrogen-bond donors (Lipinski definition) is 1. The molecule has 0 bridgehead atoms. The molecular weight excluding hydrogens is 469 g/mol. The van der Waals surface area contributed by atoms with E-state index in [1.807, 2.05) is 50.5 Å². The average molecular weight is 497 g/mol. The number of ether oxygens (including phenoxy) is 1. The first-order valence-electron chi connectivity index (χ1n) is 10.1. The molecule has 5 nitrogen and oxygen atoms in total. The Hall–Kier alpha value is -2.34. The molecule has 2 heterocycles. The molecule has 4 aromatic rings. The first-order valence-corrected chi connectivity index (χ1v) is 10.4. The maximum Gasteiger partial charge on any atom is 0.174 e. The van der Waals surface area contributed by atoms with E-state index in [0.717, 1.165) is 39.6 Å². The highest BCUT2D eigenvalue weighted by Gasteiger charge is 2.13. The van der Waals surface area contributed by atoms with Gasteiger partial charge in [0, 0.05) is 36.8 Å². The van der Waals surface area contributed by atoms with Gasteiger partial charge in [0.2, 0.25) is 0 Å². The maximum absolute atomic E-state index is 6.22. The molecule has 0 aliphatic heterocycles. The molecule has 0 unspecified atom stereocenters. The number of aromatic amines is 1. The Kier molecular flexibility index (Phi) is 8.90. The highest BCUT2D eigenvalue weighted by Crippen LogP contribution is 2.29. The van der Waals surface area contributed by atoms with E-state index in [-0.39, 0.29) is 24.8 Å². The summed E-state index contributed by atoms with van der Waals surface area (Å²) < 4.78 is 12.1. The molecule has 2 aromatic carbocycles. The molecule has 0 amide bonds. The number of imidazole rings is 1. The van der Waals surface area contributed by atoms with E-state index in [1.165, 1.54) is 0 Å². The van der Waals surface area contributed by atoms with E-state index in [0.29, 0.717) is 29.7 Å². The third-order valence-electron chi connectivity index (χ3n) is 4.84. The third-order valence-corrected chi connectivity index (χ3v) is 5.07. The number of furan rings is 1. The highest BCUT2D eigenvalue weighted by molar-refractivity contribution is 6.30. The molecule has 0 aliphatic rings. The number of nitrogens with zero attached hydrogens (tertiary/aromatic N) is 2. The minimum atomic E-state index is 0. The summed E-state index contributed by atoms with van der Waals surface area (Å²) in [4.78, 5) is 10.1. The van der Waals surface area contributed by atoms with Crippen LogP contribution >= 0.6 is 36.4 Å². The second kappa shape index (κ2) is 11.0. The molecule has 2 aromatic heterocycles. The summed E-state index contributed by atoms with van der Waals surface area (Å²) in [6, 6.07) is 15.8. The number of anilines is 1. The van der Waals surface area contributed by atoms with Crippen LogP contribution in [0.25, 0.3) is 22.6 Å². The van der Waals surface area contributed by atoms with Crippen molar-refractivity contribution in [1.82, 2.24) is 9.97 Å². The zero-order valence-electron chi connectivity index (χ0n) is 18.5. The van der Waals surface area contributed by atoms with Crippen LogP contribution < -0.4 is 9.64 Å². The van der Waals surface area contributed by atoms with Crippen LogP contribution in [-0.4, -0.2) is 30.7 Å². The van der Waals surface area contributed by atoms with Crippen LogP contribution in [0.15, 0.2) is 52.9 Å². The van der Waals surface area contributed by atoms with Crippen LogP contribution in [0.3, 0.4) is 0 Å². The molecule has 0 saturated carbocycles. The highest BCUT2D eigenvalue weighted by atomic mass is 35.5. The number of fused-ring (bicyclic) bond motifs is 1. The quantitative estimate of drug-likeness (QED) is 0.299. The molecule has 4 rings (SSSR count). The summed E-state index contributed by atoms with van der Waals surface area (Å²) in [5.41, 5.74) is 4.01. The van der Waals surface area contributed by atoms with Gasteiger partial charge in [0.05, 0.1) is 17.6 Å². The van der Waals surface area contributed by atoms with Gasteiger partial charge in [-0.2, -0.15) is 0 Å². The van der Waals surface area contributed by atoms with Gasteiger partial charge >= 0.3 is 0 Å². The van der Waals surface area contributed by atoms with Crippen molar-refractivity contribution in [2.24, 2.45) is 5.92 Å². The summed E-state index contributed by atoms with van der Waals surface area (Å²) >= 11 is 6.22. The topological polar surface area (TPSA) is 54.3 Å². The molecule has 8 heteroatoms. The normalized spacial score (nSPS) is 10.7. The fourth-order valence-corrected chi connectivity index (χ4v) is 3.46. The van der Waals surface area contributed by atoms with E-state index < -0.39 is 0 Å². The van der Waals surface area contributed by atoms with Gasteiger partial charge in [0.1, 0.15) is 11.5 Å². The minimum Gasteiger partial charge on any atom is -0.493 e. The number of nitrogens with one attached hydrogen (secondary N) is 1. The molecule has 0 spiro atoms. The lowest BCUT2D eigenvalue weighted by atomic mass is 10.1. The van der Waals surface area contributed by atoms with Gasteiger partial charge in [-0.25, -0.2) is 4.98 Å². The van der Waals surface area contributed by atoms with E-state index in [4.69, 9.17) is 20.8 Å². The van der Waals surface area contributed by atoms with Crippen molar-refractivity contribution in [1.29, 1.82) is 0 Å². The molecule has 0 radical (unpaired) electrons. The molecule has 0 atom stereocenters. The van der Waals surface area contributed by atoms with Crippen LogP contribution in [0.5, 0.6) is 5.75 Å². The van der Waals surface area contributed by atoms with Crippen LogP contribution in [0.1, 0.15) is 25.2 Å². The monoisotopic (exact) mass is 495 g/mol. The van der Waals surface area contributed by atoms with Crippen molar-refractivity contribution in [2.75, 3.05) is 25.6 Å². The fourth-order valence-electron chi connectivity index (χ4n) is 3.26. The van der Waals surface area contributed by atoms with Crippen LogP contribution in [0.4, 0.5) is 5.69 Å². The van der Waals surface area contributed by atoms with Crippen molar-refractivity contribution in [3.63, 3.8) is 0 Å². The van der Waals surface area contributed by atoms with Crippen LogP contribution in [0.2, 0.25) is 5.02 Å². The number of rotatable bonds is 7. The van der Waals surface area contributed by atoms with E-state index in [9.17, 15) is 0 Å². The predicted molar refractivity (Wildman–Crippen MR) is 137 cm³/mol. The zero-order chi connectivity index (χ0) is 21.3. The molecule has 1 N–H and O–H groups in total. The summed E-state index contributed by atoms with van der Waals surface area (Å²) in [5, 5.41) is 0.683. The maximum atomic E-state index is 6.22. The van der Waals surface area contributed by atoms with Crippen molar-refractivity contribution >= 4 is 53.1 Å². The standard InChI is InChI=1S/C24H26ClN3O2.2ClH/c1-15(2)14-29-22-9-5-17(25)11-16(22)12-19-7-10-23(30-19)24-26-20-8-6-18(28(3)4)13-21(20)27-24;;/h5-11,13,15H,12,14H2,1-4H3,(H,26,27);2*1H. The predicted octanol–water partition coefficient (Wildman–Crippen LogP) is 7.01. The van der Waals surface area contributed by atoms with E-state index in [2.05, 4.69) is 40.8 Å². The Morgan fingerprint density at radius 1 is 1.06 bits per heavy atom. The van der Waals surface area contributed by atoms with Gasteiger partial charge in [-0.15, -0.1) is 24.8 Å². The van der Waals surface area contributed by atoms with Gasteiger partial charge in [0.15, 0.2) is 11.6 Å². The smallest absolute Gasteiger partial charge is 0.174 e. The summed E-state index contributed by atoms with van der Waals surface area (Å²) in [6.45, 7) is 4.92. The second-order valence-corrected chi connectivity index (χ2v) is 8.52. The summed E-state index contributed by atoms with van der Waals surface area (Å²) in [7, 11) is 4.04. The van der Waals surface area contributed by atoms with Gasteiger partial charge in [-0.1, -0.05) is 25.4 Å². The number of hydrogen-bond acceptors (Lipinski definition) is 4. The Morgan fingerprint density at radius 3 is 2.56 bits per heavy atom. The molecule has 0 aliphatic carbocycles. The number of halogens is 3. The van der Waals surface area contributed by atoms with E-state index >= 15 is 0 Å². The molecule has 0 fully saturated rings.